The van der Waals surface area contributed by atoms with Crippen molar-refractivity contribution in [2.45, 2.75) is 13.5 Å². The van der Waals surface area contributed by atoms with E-state index >= 15 is 0 Å². The van der Waals surface area contributed by atoms with Gasteiger partial charge in [0, 0.05) is 12.4 Å². The number of carbonyl (C=O) groups is 1. The molecular formula is C22H18N6O2. The van der Waals surface area contributed by atoms with Gasteiger partial charge in [-0.2, -0.15) is 5.10 Å². The highest BCUT2D eigenvalue weighted by molar-refractivity contribution is 5.99. The summed E-state index contributed by atoms with van der Waals surface area (Å²) < 4.78 is 9.25. The van der Waals surface area contributed by atoms with Crippen LogP contribution in [-0.4, -0.2) is 30.3 Å². The number of nitrogens with zero attached hydrogens (tertiary/aromatic N) is 5. The SMILES string of the molecule is Cc1ccc(-c2nn(-c3ccccc3)cc2C(=O)NCc2nnc3ccccn23)o1. The van der Waals surface area contributed by atoms with E-state index in [2.05, 4.69) is 20.6 Å². The molecule has 8 heteroatoms. The van der Waals surface area contributed by atoms with Crippen LogP contribution < -0.4 is 5.32 Å². The molecule has 0 atom stereocenters. The number of aryl methyl sites for hydroxylation is 1. The number of para-hydroxylation sites is 1. The molecule has 0 aliphatic carbocycles. The van der Waals surface area contributed by atoms with Crippen molar-refractivity contribution < 1.29 is 9.21 Å². The lowest BCUT2D eigenvalue weighted by molar-refractivity contribution is 0.0950. The summed E-state index contributed by atoms with van der Waals surface area (Å²) in [5.41, 5.74) is 2.48. The number of benzene rings is 1. The van der Waals surface area contributed by atoms with Gasteiger partial charge in [-0.3, -0.25) is 9.20 Å². The predicted molar refractivity (Wildman–Crippen MR) is 110 cm³/mol. The molecule has 0 radical (unpaired) electrons. The lowest BCUT2D eigenvalue weighted by Crippen LogP contribution is -2.24. The van der Waals surface area contributed by atoms with Gasteiger partial charge in [-0.1, -0.05) is 24.3 Å². The summed E-state index contributed by atoms with van der Waals surface area (Å²) in [5.74, 6) is 1.67. The molecule has 148 valence electrons. The van der Waals surface area contributed by atoms with Gasteiger partial charge >= 0.3 is 0 Å². The number of carbonyl (C=O) groups excluding carboxylic acids is 1. The number of hydrogen-bond acceptors (Lipinski definition) is 5. The van der Waals surface area contributed by atoms with Crippen molar-refractivity contribution >= 4 is 11.6 Å². The van der Waals surface area contributed by atoms with Crippen molar-refractivity contribution in [3.8, 4) is 17.1 Å². The molecule has 0 saturated heterocycles. The molecule has 1 aromatic carbocycles. The summed E-state index contributed by atoms with van der Waals surface area (Å²) in [6.45, 7) is 2.09. The third-order valence-electron chi connectivity index (χ3n) is 4.74. The van der Waals surface area contributed by atoms with Gasteiger partial charge in [0.1, 0.15) is 11.5 Å². The van der Waals surface area contributed by atoms with Crippen molar-refractivity contribution in [3.05, 3.63) is 90.2 Å². The van der Waals surface area contributed by atoms with Crippen molar-refractivity contribution in [2.24, 2.45) is 0 Å². The van der Waals surface area contributed by atoms with Crippen LogP contribution in [0.1, 0.15) is 21.9 Å². The molecule has 0 bridgehead atoms. The van der Waals surface area contributed by atoms with Gasteiger partial charge in [0.2, 0.25) is 0 Å². The van der Waals surface area contributed by atoms with Gasteiger partial charge in [-0.05, 0) is 43.3 Å². The standard InChI is InChI=1S/C22H18N6O2/c1-15-10-11-18(30-15)21-17(14-28(26-21)16-7-3-2-4-8-16)22(29)23-13-20-25-24-19-9-5-6-12-27(19)20/h2-12,14H,13H2,1H3,(H,23,29). The summed E-state index contributed by atoms with van der Waals surface area (Å²) in [7, 11) is 0. The Morgan fingerprint density at radius 3 is 2.67 bits per heavy atom. The van der Waals surface area contributed by atoms with E-state index in [1.165, 1.54) is 0 Å². The Bertz CT molecular complexity index is 1330. The zero-order valence-electron chi connectivity index (χ0n) is 16.2. The van der Waals surface area contributed by atoms with Crippen molar-refractivity contribution in [2.75, 3.05) is 0 Å². The number of amides is 1. The van der Waals surface area contributed by atoms with Crippen molar-refractivity contribution in [1.29, 1.82) is 0 Å². The number of nitrogens with one attached hydrogen (secondary N) is 1. The third-order valence-corrected chi connectivity index (χ3v) is 4.74. The first-order valence-electron chi connectivity index (χ1n) is 9.48. The molecule has 5 aromatic rings. The molecule has 1 N–H and O–H groups in total. The molecule has 0 fully saturated rings. The van der Waals surface area contributed by atoms with Crippen LogP contribution in [0, 0.1) is 6.92 Å². The van der Waals surface area contributed by atoms with E-state index in [0.717, 1.165) is 17.1 Å². The van der Waals surface area contributed by atoms with Crippen LogP contribution in [0.3, 0.4) is 0 Å². The average Bonchev–Trinajstić information content (AvgIpc) is 3.50. The summed E-state index contributed by atoms with van der Waals surface area (Å²) in [4.78, 5) is 13.1. The molecule has 0 aliphatic rings. The Kier molecular flexibility index (Phi) is 4.36. The molecule has 5 rings (SSSR count). The van der Waals surface area contributed by atoms with E-state index in [1.807, 2.05) is 78.2 Å². The van der Waals surface area contributed by atoms with E-state index in [4.69, 9.17) is 4.42 Å². The van der Waals surface area contributed by atoms with E-state index in [1.54, 1.807) is 10.9 Å². The normalized spacial score (nSPS) is 11.1. The quantitative estimate of drug-likeness (QED) is 0.490. The first kappa shape index (κ1) is 17.9. The second-order valence-electron chi connectivity index (χ2n) is 6.81. The minimum Gasteiger partial charge on any atom is -0.460 e. The van der Waals surface area contributed by atoms with Crippen LogP contribution in [0.5, 0.6) is 0 Å². The lowest BCUT2D eigenvalue weighted by Gasteiger charge is -2.03. The maximum absolute atomic E-state index is 13.1. The molecule has 1 amide bonds. The monoisotopic (exact) mass is 398 g/mol. The van der Waals surface area contributed by atoms with Crippen molar-refractivity contribution in [3.63, 3.8) is 0 Å². The molecule has 4 heterocycles. The van der Waals surface area contributed by atoms with Crippen LogP contribution in [0.4, 0.5) is 0 Å². The number of aromatic nitrogens is 5. The molecule has 30 heavy (non-hydrogen) atoms. The zero-order valence-corrected chi connectivity index (χ0v) is 16.2. The number of hydrogen-bond donors (Lipinski definition) is 1. The van der Waals surface area contributed by atoms with Gasteiger partial charge in [0.15, 0.2) is 17.2 Å². The maximum Gasteiger partial charge on any atom is 0.255 e. The minimum absolute atomic E-state index is 0.233. The minimum atomic E-state index is -0.270. The molecule has 0 aliphatic heterocycles. The van der Waals surface area contributed by atoms with Crippen LogP contribution in [0.2, 0.25) is 0 Å². The lowest BCUT2D eigenvalue weighted by atomic mass is 10.2. The summed E-state index contributed by atoms with van der Waals surface area (Å²) in [5, 5.41) is 15.8. The Morgan fingerprint density at radius 2 is 1.87 bits per heavy atom. The third kappa shape index (κ3) is 3.24. The molecule has 0 saturated carbocycles. The van der Waals surface area contributed by atoms with Crippen LogP contribution in [-0.2, 0) is 6.54 Å². The highest BCUT2D eigenvalue weighted by atomic mass is 16.3. The highest BCUT2D eigenvalue weighted by Crippen LogP contribution is 2.25. The van der Waals surface area contributed by atoms with Crippen molar-refractivity contribution in [1.82, 2.24) is 29.7 Å². The Balaban J connectivity index is 1.47. The van der Waals surface area contributed by atoms with Gasteiger partial charge in [-0.15, -0.1) is 10.2 Å². The molecular weight excluding hydrogens is 380 g/mol. The highest BCUT2D eigenvalue weighted by Gasteiger charge is 2.21. The fourth-order valence-electron chi connectivity index (χ4n) is 3.26. The second kappa shape index (κ2) is 7.32. The van der Waals surface area contributed by atoms with Crippen LogP contribution >= 0.6 is 0 Å². The smallest absolute Gasteiger partial charge is 0.255 e. The first-order chi connectivity index (χ1) is 14.7. The fraction of sp³-hybridized carbons (Fsp3) is 0.0909. The topological polar surface area (TPSA) is 90.2 Å². The van der Waals surface area contributed by atoms with Gasteiger partial charge in [0.05, 0.1) is 17.8 Å². The number of furan rings is 1. The molecule has 8 nitrogen and oxygen atoms in total. The number of fused-ring (bicyclic) bond motifs is 1. The molecule has 0 spiro atoms. The second-order valence-corrected chi connectivity index (χ2v) is 6.81. The van der Waals surface area contributed by atoms with E-state index in [9.17, 15) is 4.79 Å². The van der Waals surface area contributed by atoms with Crippen LogP contribution in [0.25, 0.3) is 22.8 Å². The van der Waals surface area contributed by atoms with E-state index < -0.39 is 0 Å². The predicted octanol–water partition coefficient (Wildman–Crippen LogP) is 3.41. The Morgan fingerprint density at radius 1 is 1.03 bits per heavy atom. The summed E-state index contributed by atoms with van der Waals surface area (Å²) >= 11 is 0. The first-order valence-corrected chi connectivity index (χ1v) is 9.48. The molecule has 4 aromatic heterocycles. The van der Waals surface area contributed by atoms with Gasteiger partial charge in [0.25, 0.3) is 5.91 Å². The van der Waals surface area contributed by atoms with Crippen LogP contribution in [0.15, 0.2) is 77.5 Å². The molecule has 0 unspecified atom stereocenters. The van der Waals surface area contributed by atoms with Gasteiger partial charge < -0.3 is 9.73 Å². The van der Waals surface area contributed by atoms with Gasteiger partial charge in [-0.25, -0.2) is 4.68 Å². The largest absolute Gasteiger partial charge is 0.460 e. The maximum atomic E-state index is 13.1. The zero-order chi connectivity index (χ0) is 20.5. The average molecular weight is 398 g/mol. The van der Waals surface area contributed by atoms with E-state index in [-0.39, 0.29) is 12.5 Å². The van der Waals surface area contributed by atoms with E-state index in [0.29, 0.717) is 22.8 Å². The number of pyridine rings is 1. The Labute approximate surface area is 171 Å². The number of rotatable bonds is 5. The fourth-order valence-corrected chi connectivity index (χ4v) is 3.26. The Hall–Kier alpha value is -4.20. The summed E-state index contributed by atoms with van der Waals surface area (Å²) in [6, 6.07) is 18.9. The summed E-state index contributed by atoms with van der Waals surface area (Å²) in [6.07, 6.45) is 3.57.